The molecule has 0 heterocycles. The third-order valence-electron chi connectivity index (χ3n) is 1.51. The molecule has 0 aliphatic carbocycles. The lowest BCUT2D eigenvalue weighted by Crippen LogP contribution is -2.29. The predicted octanol–water partition coefficient (Wildman–Crippen LogP) is 2.21. The molecule has 4 nitrogen and oxygen atoms in total. The minimum atomic E-state index is -3.51. The van der Waals surface area contributed by atoms with Gasteiger partial charge in [0.25, 0.3) is 10.2 Å². The predicted molar refractivity (Wildman–Crippen MR) is 70.4 cm³/mol. The summed E-state index contributed by atoms with van der Waals surface area (Å²) in [4.78, 5) is 0. The molecule has 1 aromatic rings. The van der Waals surface area contributed by atoms with Gasteiger partial charge in [-0.15, -0.1) is 0 Å². The van der Waals surface area contributed by atoms with Crippen LogP contribution in [0.2, 0.25) is 5.02 Å². The van der Waals surface area contributed by atoms with Crippen LogP contribution in [0.1, 0.15) is 6.92 Å². The Morgan fingerprint density at radius 3 is 2.67 bits per heavy atom. The first-order chi connectivity index (χ1) is 6.94. The lowest BCUT2D eigenvalue weighted by Gasteiger charge is -2.09. The number of hydrogen-bond acceptors (Lipinski definition) is 2. The number of benzene rings is 1. The second-order valence-electron chi connectivity index (χ2n) is 2.73. The number of anilines is 1. The fraction of sp³-hybridized carbons (Fsp3) is 0.250. The van der Waals surface area contributed by atoms with Gasteiger partial charge in [-0.2, -0.15) is 13.1 Å². The molecular weight excluding hydrogens is 351 g/mol. The zero-order valence-electron chi connectivity index (χ0n) is 7.92. The summed E-state index contributed by atoms with van der Waals surface area (Å²) in [7, 11) is -3.51. The summed E-state index contributed by atoms with van der Waals surface area (Å²) in [6.07, 6.45) is 0. The van der Waals surface area contributed by atoms with E-state index in [2.05, 4.69) is 32.0 Å². The van der Waals surface area contributed by atoms with Crippen molar-refractivity contribution in [1.82, 2.24) is 4.72 Å². The molecule has 0 aliphatic rings. The summed E-state index contributed by atoms with van der Waals surface area (Å²) in [5, 5.41) is 0.378. The third-order valence-corrected chi connectivity index (χ3v) is 3.65. The van der Waals surface area contributed by atoms with Crippen molar-refractivity contribution in [3.05, 3.63) is 26.8 Å². The van der Waals surface area contributed by atoms with E-state index in [1.807, 2.05) is 0 Å². The average molecular weight is 361 g/mol. The van der Waals surface area contributed by atoms with Gasteiger partial charge in [0.1, 0.15) is 0 Å². The second-order valence-corrected chi connectivity index (χ2v) is 5.88. The Balaban J connectivity index is 2.90. The van der Waals surface area contributed by atoms with E-state index >= 15 is 0 Å². The molecule has 7 heteroatoms. The van der Waals surface area contributed by atoms with E-state index in [0.717, 1.165) is 3.57 Å². The summed E-state index contributed by atoms with van der Waals surface area (Å²) in [6.45, 7) is 2.03. The first kappa shape index (κ1) is 13.0. The molecule has 0 spiro atoms. The van der Waals surface area contributed by atoms with Gasteiger partial charge in [0, 0.05) is 10.1 Å². The van der Waals surface area contributed by atoms with E-state index in [0.29, 0.717) is 17.3 Å². The van der Waals surface area contributed by atoms with Gasteiger partial charge < -0.3 is 0 Å². The first-order valence-corrected chi connectivity index (χ1v) is 7.11. The van der Waals surface area contributed by atoms with Crippen molar-refractivity contribution in [3.8, 4) is 0 Å². The van der Waals surface area contributed by atoms with Crippen LogP contribution in [0.3, 0.4) is 0 Å². The second kappa shape index (κ2) is 5.33. The van der Waals surface area contributed by atoms with E-state index in [1.165, 1.54) is 0 Å². The highest BCUT2D eigenvalue weighted by atomic mass is 127. The summed E-state index contributed by atoms with van der Waals surface area (Å²) in [6, 6.07) is 5.08. The standard InChI is InChI=1S/C8H10ClIN2O2S/c1-2-11-15(13,14)12-8-4-3-6(10)5-7(8)9/h3-5,11-12H,2H2,1H3. The Morgan fingerprint density at radius 1 is 1.47 bits per heavy atom. The first-order valence-electron chi connectivity index (χ1n) is 4.17. The molecule has 0 fully saturated rings. The van der Waals surface area contributed by atoms with E-state index in [9.17, 15) is 8.42 Å². The highest BCUT2D eigenvalue weighted by Gasteiger charge is 2.10. The lowest BCUT2D eigenvalue weighted by atomic mass is 10.3. The number of hydrogen-bond donors (Lipinski definition) is 2. The van der Waals surface area contributed by atoms with Gasteiger partial charge in [0.2, 0.25) is 0 Å². The summed E-state index contributed by atoms with van der Waals surface area (Å²) in [5.74, 6) is 0. The van der Waals surface area contributed by atoms with Crippen molar-refractivity contribution < 1.29 is 8.42 Å². The molecule has 0 aromatic heterocycles. The van der Waals surface area contributed by atoms with Crippen LogP contribution < -0.4 is 9.44 Å². The topological polar surface area (TPSA) is 58.2 Å². The summed E-state index contributed by atoms with van der Waals surface area (Å²) in [5.41, 5.74) is 0.373. The third kappa shape index (κ3) is 4.13. The minimum absolute atomic E-state index is 0.331. The molecule has 15 heavy (non-hydrogen) atoms. The highest BCUT2D eigenvalue weighted by molar-refractivity contribution is 14.1. The maximum atomic E-state index is 11.4. The minimum Gasteiger partial charge on any atom is -0.270 e. The van der Waals surface area contributed by atoms with Crippen LogP contribution in [0.15, 0.2) is 18.2 Å². The van der Waals surface area contributed by atoms with Crippen LogP contribution in [0.4, 0.5) is 5.69 Å². The van der Waals surface area contributed by atoms with Gasteiger partial charge in [-0.3, -0.25) is 4.72 Å². The van der Waals surface area contributed by atoms with Crippen molar-refractivity contribution in [1.29, 1.82) is 0 Å². The Kier molecular flexibility index (Phi) is 4.63. The number of halogens is 2. The lowest BCUT2D eigenvalue weighted by molar-refractivity contribution is 0.589. The zero-order chi connectivity index (χ0) is 11.5. The van der Waals surface area contributed by atoms with Crippen LogP contribution in [-0.4, -0.2) is 15.0 Å². The molecule has 1 rings (SSSR count). The quantitative estimate of drug-likeness (QED) is 0.809. The van der Waals surface area contributed by atoms with Crippen molar-refractivity contribution >= 4 is 50.1 Å². The van der Waals surface area contributed by atoms with Crippen LogP contribution in [0.5, 0.6) is 0 Å². The number of nitrogens with one attached hydrogen (secondary N) is 2. The fourth-order valence-corrected chi connectivity index (χ4v) is 2.82. The smallest absolute Gasteiger partial charge is 0.270 e. The maximum Gasteiger partial charge on any atom is 0.299 e. The Morgan fingerprint density at radius 2 is 2.13 bits per heavy atom. The molecule has 0 unspecified atom stereocenters. The molecule has 1 aromatic carbocycles. The van der Waals surface area contributed by atoms with Gasteiger partial charge in [-0.25, -0.2) is 0 Å². The molecule has 0 bridgehead atoms. The van der Waals surface area contributed by atoms with Gasteiger partial charge in [0.15, 0.2) is 0 Å². The molecule has 2 N–H and O–H groups in total. The largest absolute Gasteiger partial charge is 0.299 e. The normalized spacial score (nSPS) is 11.4. The van der Waals surface area contributed by atoms with Crippen LogP contribution in [0.25, 0.3) is 0 Å². The summed E-state index contributed by atoms with van der Waals surface area (Å²) >= 11 is 7.97. The molecule has 0 radical (unpaired) electrons. The van der Waals surface area contributed by atoms with Gasteiger partial charge >= 0.3 is 0 Å². The van der Waals surface area contributed by atoms with Crippen LogP contribution >= 0.6 is 34.2 Å². The fourth-order valence-electron chi connectivity index (χ4n) is 0.943. The van der Waals surface area contributed by atoms with Gasteiger partial charge in [0.05, 0.1) is 10.7 Å². The molecular formula is C8H10ClIN2O2S. The van der Waals surface area contributed by atoms with Crippen molar-refractivity contribution in [3.63, 3.8) is 0 Å². The average Bonchev–Trinajstić information content (AvgIpc) is 2.09. The molecule has 0 amide bonds. The molecule has 0 atom stereocenters. The maximum absolute atomic E-state index is 11.4. The van der Waals surface area contributed by atoms with Crippen molar-refractivity contribution in [2.24, 2.45) is 0 Å². The van der Waals surface area contributed by atoms with Crippen molar-refractivity contribution in [2.45, 2.75) is 6.92 Å². The Hall–Kier alpha value is -0.0500. The Labute approximate surface area is 108 Å². The zero-order valence-corrected chi connectivity index (χ0v) is 11.6. The van der Waals surface area contributed by atoms with E-state index < -0.39 is 10.2 Å². The van der Waals surface area contributed by atoms with E-state index in [1.54, 1.807) is 25.1 Å². The van der Waals surface area contributed by atoms with Crippen molar-refractivity contribution in [2.75, 3.05) is 11.3 Å². The van der Waals surface area contributed by atoms with E-state index in [-0.39, 0.29) is 0 Å². The van der Waals surface area contributed by atoms with Crippen LogP contribution in [-0.2, 0) is 10.2 Å². The highest BCUT2D eigenvalue weighted by Crippen LogP contribution is 2.24. The monoisotopic (exact) mass is 360 g/mol. The molecule has 84 valence electrons. The number of rotatable bonds is 4. The molecule has 0 saturated carbocycles. The summed E-state index contributed by atoms with van der Waals surface area (Å²) < 4.78 is 28.3. The van der Waals surface area contributed by atoms with E-state index in [4.69, 9.17) is 11.6 Å². The van der Waals surface area contributed by atoms with Crippen LogP contribution in [0, 0.1) is 3.57 Å². The molecule has 0 aliphatic heterocycles. The SMILES string of the molecule is CCNS(=O)(=O)Nc1ccc(I)cc1Cl. The molecule has 0 saturated heterocycles. The van der Waals surface area contributed by atoms with Gasteiger partial charge in [-0.05, 0) is 40.8 Å². The van der Waals surface area contributed by atoms with Gasteiger partial charge in [-0.1, -0.05) is 18.5 Å². The Bertz CT molecular complexity index is 450.